The largest absolute Gasteiger partial charge is 1.00 e. The standard InChI is InChI=1S/C21H15F2N5O8S2.2Na/c1-36-12-3-5-14(15(8-12)37(30,31)32)27-28-19-16(38(33,34)35)7-10-6-11(2-4-13(10)20(19)29)24-18-9-17(22)25-21(23)26-18;;/h2-9,29H,1H3,(H,24,25,26)(H,30,31,32)(H,33,34,35);;/q;2*+1/p-2. The van der Waals surface area contributed by atoms with E-state index in [1.54, 1.807) is 0 Å². The second kappa shape index (κ2) is 13.1. The van der Waals surface area contributed by atoms with Gasteiger partial charge in [-0.15, -0.1) is 10.2 Å². The first kappa shape index (κ1) is 33.9. The van der Waals surface area contributed by atoms with Crippen molar-refractivity contribution in [3.63, 3.8) is 0 Å². The van der Waals surface area contributed by atoms with Gasteiger partial charge in [0.05, 0.1) is 17.7 Å². The fourth-order valence-electron chi connectivity index (χ4n) is 3.32. The van der Waals surface area contributed by atoms with Crippen LogP contribution in [-0.4, -0.2) is 43.0 Å². The van der Waals surface area contributed by atoms with Crippen LogP contribution in [0, 0.1) is 12.0 Å². The summed E-state index contributed by atoms with van der Waals surface area (Å²) in [5, 5.41) is 22.6. The predicted octanol–water partition coefficient (Wildman–Crippen LogP) is -2.69. The van der Waals surface area contributed by atoms with Crippen molar-refractivity contribution in [2.75, 3.05) is 12.4 Å². The van der Waals surface area contributed by atoms with Gasteiger partial charge >= 0.3 is 65.2 Å². The second-order valence-corrected chi connectivity index (χ2v) is 10.2. The fraction of sp³-hybridized carbons (Fsp3) is 0.0476. The van der Waals surface area contributed by atoms with Crippen LogP contribution < -0.4 is 74.3 Å². The Balaban J connectivity index is 0.00000280. The number of hydrogen-bond acceptors (Lipinski definition) is 12. The molecule has 198 valence electrons. The normalized spacial score (nSPS) is 11.6. The first-order chi connectivity index (χ1) is 17.8. The molecule has 0 aliphatic rings. The zero-order chi connectivity index (χ0) is 27.8. The molecule has 0 aliphatic heterocycles. The summed E-state index contributed by atoms with van der Waals surface area (Å²) in [6.45, 7) is 0. The van der Waals surface area contributed by atoms with Gasteiger partial charge in [0.2, 0.25) is 5.95 Å². The minimum Gasteiger partial charge on any atom is -0.871 e. The van der Waals surface area contributed by atoms with E-state index in [0.717, 1.165) is 24.3 Å². The molecule has 3 aromatic carbocycles. The van der Waals surface area contributed by atoms with Crippen molar-refractivity contribution in [3.05, 3.63) is 60.6 Å². The predicted molar refractivity (Wildman–Crippen MR) is 124 cm³/mol. The Morgan fingerprint density at radius 1 is 0.950 bits per heavy atom. The number of anilines is 2. The quantitative estimate of drug-likeness (QED) is 0.0723. The third-order valence-corrected chi connectivity index (χ3v) is 6.68. The van der Waals surface area contributed by atoms with Gasteiger partial charge in [0.15, 0.2) is 0 Å². The number of methoxy groups -OCH3 is 1. The summed E-state index contributed by atoms with van der Waals surface area (Å²) in [6.07, 6.45) is -1.34. The van der Waals surface area contributed by atoms with Crippen molar-refractivity contribution >= 4 is 53.9 Å². The van der Waals surface area contributed by atoms with Gasteiger partial charge in [0.1, 0.15) is 32.3 Å². The number of fused-ring (bicyclic) bond motifs is 1. The minimum atomic E-state index is -5.08. The van der Waals surface area contributed by atoms with Crippen molar-refractivity contribution in [2.45, 2.75) is 9.79 Å². The number of benzene rings is 3. The van der Waals surface area contributed by atoms with Crippen LogP contribution in [0.25, 0.3) is 10.8 Å². The second-order valence-electron chi connectivity index (χ2n) is 7.42. The van der Waals surface area contributed by atoms with E-state index >= 15 is 0 Å². The van der Waals surface area contributed by atoms with E-state index in [1.807, 2.05) is 0 Å². The first-order valence-corrected chi connectivity index (χ1v) is 12.9. The van der Waals surface area contributed by atoms with Gasteiger partial charge in [-0.05, 0) is 47.2 Å². The monoisotopic (exact) mass is 611 g/mol. The summed E-state index contributed by atoms with van der Waals surface area (Å²) in [5.41, 5.74) is -1.26. The number of rotatable bonds is 7. The number of azo groups is 1. The summed E-state index contributed by atoms with van der Waals surface area (Å²) in [6, 6.07) is 8.58. The Morgan fingerprint density at radius 3 is 2.25 bits per heavy atom. The summed E-state index contributed by atoms with van der Waals surface area (Å²) < 4.78 is 100. The number of nitrogens with zero attached hydrogens (tertiary/aromatic N) is 4. The maximum Gasteiger partial charge on any atom is 1.00 e. The molecule has 0 saturated carbocycles. The van der Waals surface area contributed by atoms with Gasteiger partial charge in [-0.3, -0.25) is 4.55 Å². The van der Waals surface area contributed by atoms with Crippen LogP contribution in [0.1, 0.15) is 0 Å². The molecule has 0 unspecified atom stereocenters. The molecule has 19 heteroatoms. The average Bonchev–Trinajstić information content (AvgIpc) is 2.81. The molecular formula is C21H13F2N5Na2O8S2. The molecule has 0 aliphatic carbocycles. The zero-order valence-corrected chi connectivity index (χ0v) is 26.4. The van der Waals surface area contributed by atoms with Crippen LogP contribution in [0.2, 0.25) is 0 Å². The summed E-state index contributed by atoms with van der Waals surface area (Å²) in [5.74, 6) is -2.45. The SMILES string of the molecule is COc1ccc(N=Nc2c(S(=O)(=O)O)cc3cc(Nc4cc(F)nc(F)n4)ccc3c2[O-])c(S(=O)(=O)[O-])c1.[Na+].[Na+]. The third-order valence-electron chi connectivity index (χ3n) is 4.94. The molecule has 4 rings (SSSR count). The number of ether oxygens (including phenoxy) is 1. The molecule has 0 amide bonds. The van der Waals surface area contributed by atoms with Crippen LogP contribution in [-0.2, 0) is 20.2 Å². The Morgan fingerprint density at radius 2 is 1.65 bits per heavy atom. The van der Waals surface area contributed by atoms with E-state index < -0.39 is 59.2 Å². The van der Waals surface area contributed by atoms with Gasteiger partial charge in [0, 0.05) is 11.8 Å². The van der Waals surface area contributed by atoms with E-state index in [-0.39, 0.29) is 87.1 Å². The fourth-order valence-corrected chi connectivity index (χ4v) is 4.60. The molecule has 0 fully saturated rings. The molecule has 40 heavy (non-hydrogen) atoms. The van der Waals surface area contributed by atoms with Gasteiger partial charge in [0.25, 0.3) is 10.1 Å². The molecule has 2 N–H and O–H groups in total. The number of nitrogens with one attached hydrogen (secondary N) is 1. The maximum absolute atomic E-state index is 13.3. The molecular weight excluding hydrogens is 598 g/mol. The Bertz CT molecular complexity index is 1820. The van der Waals surface area contributed by atoms with Crippen LogP contribution in [0.3, 0.4) is 0 Å². The average molecular weight is 611 g/mol. The molecule has 1 aromatic heterocycles. The van der Waals surface area contributed by atoms with Crippen LogP contribution in [0.5, 0.6) is 11.5 Å². The first-order valence-electron chi connectivity index (χ1n) is 10.0. The van der Waals surface area contributed by atoms with Crippen molar-refractivity contribution in [3.8, 4) is 11.5 Å². The molecule has 1 heterocycles. The van der Waals surface area contributed by atoms with Gasteiger partial charge in [-0.1, -0.05) is 11.8 Å². The molecule has 0 saturated heterocycles. The minimum absolute atomic E-state index is 0. The Kier molecular flexibility index (Phi) is 11.1. The van der Waals surface area contributed by atoms with Gasteiger partial charge in [-0.2, -0.15) is 27.2 Å². The van der Waals surface area contributed by atoms with E-state index in [0.29, 0.717) is 0 Å². The number of aromatic nitrogens is 2. The zero-order valence-electron chi connectivity index (χ0n) is 20.8. The number of halogens is 2. The number of hydrogen-bond donors (Lipinski definition) is 2. The van der Waals surface area contributed by atoms with E-state index in [1.165, 1.54) is 31.4 Å². The molecule has 0 spiro atoms. The van der Waals surface area contributed by atoms with Crippen molar-refractivity contribution < 1.29 is 104 Å². The summed E-state index contributed by atoms with van der Waals surface area (Å²) in [7, 11) is -8.94. The van der Waals surface area contributed by atoms with Gasteiger partial charge in [-0.25, -0.2) is 8.42 Å². The van der Waals surface area contributed by atoms with E-state index in [4.69, 9.17) is 4.74 Å². The van der Waals surface area contributed by atoms with Crippen LogP contribution in [0.4, 0.5) is 31.7 Å². The van der Waals surface area contributed by atoms with Gasteiger partial charge < -0.3 is 19.7 Å². The van der Waals surface area contributed by atoms with E-state index in [2.05, 4.69) is 25.5 Å². The van der Waals surface area contributed by atoms with E-state index in [9.17, 15) is 39.8 Å². The molecule has 0 radical (unpaired) electrons. The molecule has 4 aromatic rings. The van der Waals surface area contributed by atoms with Crippen molar-refractivity contribution in [1.29, 1.82) is 0 Å². The Hall–Kier alpha value is -2.32. The topological polar surface area (TPSA) is 206 Å². The molecule has 13 nitrogen and oxygen atoms in total. The Labute approximate surface area is 269 Å². The summed E-state index contributed by atoms with van der Waals surface area (Å²) in [4.78, 5) is 4.39. The van der Waals surface area contributed by atoms with Crippen LogP contribution >= 0.6 is 0 Å². The summed E-state index contributed by atoms with van der Waals surface area (Å²) >= 11 is 0. The van der Waals surface area contributed by atoms with Crippen LogP contribution in [0.15, 0.2) is 68.6 Å². The molecule has 0 bridgehead atoms. The third kappa shape index (κ3) is 7.69. The molecule has 0 atom stereocenters. The van der Waals surface area contributed by atoms with Crippen molar-refractivity contribution in [2.24, 2.45) is 10.2 Å². The maximum atomic E-state index is 13.3. The van der Waals surface area contributed by atoms with Crippen molar-refractivity contribution in [1.82, 2.24) is 9.97 Å². The smallest absolute Gasteiger partial charge is 0.871 e.